The summed E-state index contributed by atoms with van der Waals surface area (Å²) in [5.74, 6) is -1.95. The summed E-state index contributed by atoms with van der Waals surface area (Å²) in [4.78, 5) is 49.2. The highest BCUT2D eigenvalue weighted by molar-refractivity contribution is 8.00. The fourth-order valence-electron chi connectivity index (χ4n) is 4.09. The number of oxime groups is 1. The molecule has 182 valence electrons. The number of β-lactam (4-membered cyclic amide) rings is 1. The van der Waals surface area contributed by atoms with Gasteiger partial charge < -0.3 is 21.0 Å². The van der Waals surface area contributed by atoms with Gasteiger partial charge in [0.1, 0.15) is 29.9 Å². The number of aryl methyl sites for hydroxylation is 1. The smallest absolute Gasteiger partial charge is 0.352 e. The minimum atomic E-state index is -1.18. The average Bonchev–Trinajstić information content (AvgIpc) is 3.54. The molecule has 0 aliphatic carbocycles. The molecule has 3 aromatic rings. The van der Waals surface area contributed by atoms with Crippen LogP contribution in [-0.4, -0.2) is 67.4 Å². The Labute approximate surface area is 210 Å². The van der Waals surface area contributed by atoms with Gasteiger partial charge in [0, 0.05) is 16.7 Å². The van der Waals surface area contributed by atoms with Gasteiger partial charge in [-0.25, -0.2) is 9.78 Å². The number of fused-ring (bicyclic) bond motifs is 2. The van der Waals surface area contributed by atoms with Crippen LogP contribution in [-0.2, 0) is 32.8 Å². The first kappa shape index (κ1) is 23.3. The quantitative estimate of drug-likeness (QED) is 0.170. The Morgan fingerprint density at radius 3 is 2.89 bits per heavy atom. The Bertz CT molecular complexity index is 1420. The number of carboxylic acid groups (broad SMARTS) is 1. The van der Waals surface area contributed by atoms with Gasteiger partial charge in [-0.1, -0.05) is 5.16 Å². The van der Waals surface area contributed by atoms with Gasteiger partial charge in [0.15, 0.2) is 22.2 Å². The molecular weight excluding hydrogens is 514 g/mol. The van der Waals surface area contributed by atoms with Crippen molar-refractivity contribution in [1.29, 1.82) is 0 Å². The third-order valence-corrected chi connectivity index (χ3v) is 8.70. The molecule has 0 radical (unpaired) electrons. The second-order valence-corrected chi connectivity index (χ2v) is 10.6. The number of rotatable bonds is 7. The van der Waals surface area contributed by atoms with Gasteiger partial charge in [0.2, 0.25) is 6.20 Å². The minimum absolute atomic E-state index is 0.0423. The predicted octanol–water partition coefficient (Wildman–Crippen LogP) is 0.355. The van der Waals surface area contributed by atoms with Gasteiger partial charge in [-0.15, -0.1) is 43.8 Å². The first-order chi connectivity index (χ1) is 16.8. The summed E-state index contributed by atoms with van der Waals surface area (Å²) >= 11 is 4.13. The molecule has 0 bridgehead atoms. The normalized spacial score (nSPS) is 20.1. The van der Waals surface area contributed by atoms with Crippen molar-refractivity contribution in [2.75, 3.05) is 18.6 Å². The van der Waals surface area contributed by atoms with E-state index in [9.17, 15) is 19.5 Å². The van der Waals surface area contributed by atoms with E-state index in [1.165, 1.54) is 23.8 Å². The standard InChI is InChI=1S/C20H19N7O5S3/c1-25-17-9(3-4-33-17)5-26(25)6-10-7-34-18-13(16(29)27(18)14(10)19(30)31)23-15(28)12(24-32-2)11-8-35-20(21)22-11/h3-5,8,13,18H,6-7H2,1-2H3,(H3-,21,22,23,28,30,31)/p+1/b24-12-/t13-,18-/m1/s1. The van der Waals surface area contributed by atoms with Crippen molar-refractivity contribution in [3.8, 4) is 0 Å². The van der Waals surface area contributed by atoms with Crippen molar-refractivity contribution in [2.45, 2.75) is 18.0 Å². The van der Waals surface area contributed by atoms with E-state index < -0.39 is 29.2 Å². The Morgan fingerprint density at radius 1 is 1.43 bits per heavy atom. The molecule has 15 heteroatoms. The number of aliphatic carboxylic acids is 1. The van der Waals surface area contributed by atoms with E-state index in [1.807, 2.05) is 34.1 Å². The SMILES string of the molecule is CO/N=C(\C(=O)N[C@@H]1C(=O)N2C(C(=O)O)=C(C[n+]3cc4ccsc4n3C)CS[C@H]12)c1csc(N)n1. The van der Waals surface area contributed by atoms with E-state index >= 15 is 0 Å². The number of carbonyl (C=O) groups is 3. The molecule has 4 N–H and O–H groups in total. The third-order valence-electron chi connectivity index (χ3n) is 5.69. The molecule has 0 unspecified atom stereocenters. The summed E-state index contributed by atoms with van der Waals surface area (Å²) in [5.41, 5.74) is 6.33. The molecule has 35 heavy (non-hydrogen) atoms. The number of carbonyl (C=O) groups excluding carboxylic acids is 2. The fourth-order valence-corrected chi connectivity index (χ4v) is 6.83. The summed E-state index contributed by atoms with van der Waals surface area (Å²) in [6, 6.07) is 1.09. The number of nitrogens with one attached hydrogen (secondary N) is 1. The Kier molecular flexibility index (Phi) is 5.98. The Hall–Kier alpha value is -3.43. The Morgan fingerprint density at radius 2 is 2.23 bits per heavy atom. The third kappa shape index (κ3) is 3.94. The lowest BCUT2D eigenvalue weighted by molar-refractivity contribution is -0.764. The molecule has 5 rings (SSSR count). The molecule has 2 aliphatic rings. The lowest BCUT2D eigenvalue weighted by atomic mass is 10.0. The largest absolute Gasteiger partial charge is 0.477 e. The number of hydrogen-bond donors (Lipinski definition) is 3. The summed E-state index contributed by atoms with van der Waals surface area (Å²) in [7, 11) is 3.20. The summed E-state index contributed by atoms with van der Waals surface area (Å²) in [6.45, 7) is 0.329. The van der Waals surface area contributed by atoms with Gasteiger partial charge in [-0.3, -0.25) is 14.5 Å². The second-order valence-electron chi connectivity index (χ2n) is 7.74. The first-order valence-corrected chi connectivity index (χ1v) is 13.1. The topological polar surface area (TPSA) is 156 Å². The highest BCUT2D eigenvalue weighted by Crippen LogP contribution is 2.40. The number of thiazole rings is 1. The van der Waals surface area contributed by atoms with E-state index in [0.717, 1.165) is 21.6 Å². The van der Waals surface area contributed by atoms with E-state index in [1.54, 1.807) is 16.7 Å². The monoisotopic (exact) mass is 534 g/mol. The second kappa shape index (κ2) is 8.98. The minimum Gasteiger partial charge on any atom is -0.477 e. The lowest BCUT2D eigenvalue weighted by Gasteiger charge is -2.49. The van der Waals surface area contributed by atoms with Crippen molar-refractivity contribution in [1.82, 2.24) is 19.9 Å². The van der Waals surface area contributed by atoms with Gasteiger partial charge >= 0.3 is 5.97 Å². The van der Waals surface area contributed by atoms with Crippen molar-refractivity contribution in [3.05, 3.63) is 40.0 Å². The van der Waals surface area contributed by atoms with E-state index in [4.69, 9.17) is 10.6 Å². The van der Waals surface area contributed by atoms with Gasteiger partial charge in [0.05, 0.1) is 12.4 Å². The maximum absolute atomic E-state index is 13.0. The molecule has 2 aliphatic heterocycles. The maximum atomic E-state index is 13.0. The van der Waals surface area contributed by atoms with Crippen LogP contribution in [0.1, 0.15) is 5.69 Å². The van der Waals surface area contributed by atoms with Crippen LogP contribution in [0.4, 0.5) is 5.13 Å². The highest BCUT2D eigenvalue weighted by atomic mass is 32.2. The van der Waals surface area contributed by atoms with Crippen LogP contribution in [0.5, 0.6) is 0 Å². The molecule has 1 fully saturated rings. The molecule has 3 aromatic heterocycles. The fraction of sp³-hybridized carbons (Fsp3) is 0.300. The van der Waals surface area contributed by atoms with Crippen LogP contribution in [0.2, 0.25) is 0 Å². The molecule has 0 saturated carbocycles. The first-order valence-electron chi connectivity index (χ1n) is 10.3. The zero-order valence-corrected chi connectivity index (χ0v) is 20.9. The number of nitrogens with zero attached hydrogens (tertiary/aromatic N) is 5. The van der Waals surface area contributed by atoms with Crippen molar-refractivity contribution >= 4 is 73.3 Å². The van der Waals surface area contributed by atoms with Crippen LogP contribution >= 0.6 is 34.4 Å². The molecule has 0 spiro atoms. The van der Waals surface area contributed by atoms with Gasteiger partial charge in [-0.05, 0) is 11.4 Å². The van der Waals surface area contributed by atoms with Crippen LogP contribution in [0, 0.1) is 0 Å². The van der Waals surface area contributed by atoms with Gasteiger partial charge in [-0.2, -0.15) is 0 Å². The summed E-state index contributed by atoms with van der Waals surface area (Å²) < 4.78 is 3.89. The molecule has 12 nitrogen and oxygen atoms in total. The van der Waals surface area contributed by atoms with E-state index in [2.05, 4.69) is 15.5 Å². The number of aromatic nitrogens is 3. The van der Waals surface area contributed by atoms with E-state index in [0.29, 0.717) is 17.9 Å². The van der Waals surface area contributed by atoms with E-state index in [-0.39, 0.29) is 22.2 Å². The van der Waals surface area contributed by atoms with Crippen molar-refractivity contribution in [3.63, 3.8) is 0 Å². The zero-order chi connectivity index (χ0) is 24.9. The molecule has 2 atom stereocenters. The van der Waals surface area contributed by atoms with Crippen LogP contribution in [0.15, 0.2) is 39.4 Å². The molecule has 0 aromatic carbocycles. The van der Waals surface area contributed by atoms with Crippen molar-refractivity contribution in [2.24, 2.45) is 12.2 Å². The molecular formula is C20H20N7O5S3+. The van der Waals surface area contributed by atoms with Crippen LogP contribution < -0.4 is 15.7 Å². The number of carboxylic acids is 1. The predicted molar refractivity (Wildman–Crippen MR) is 131 cm³/mol. The number of anilines is 1. The lowest BCUT2D eigenvalue weighted by Crippen LogP contribution is -2.71. The number of thiophene rings is 1. The number of thioether (sulfide) groups is 1. The average molecular weight is 535 g/mol. The highest BCUT2D eigenvalue weighted by Gasteiger charge is 2.55. The number of hydrogen-bond acceptors (Lipinski definition) is 10. The number of amides is 2. The number of nitrogen functional groups attached to an aromatic ring is 1. The van der Waals surface area contributed by atoms with Crippen LogP contribution in [0.3, 0.4) is 0 Å². The summed E-state index contributed by atoms with van der Waals surface area (Å²) in [6.07, 6.45) is 1.96. The number of nitrogens with two attached hydrogens (primary N) is 1. The summed E-state index contributed by atoms with van der Waals surface area (Å²) in [5, 5.41) is 20.6. The van der Waals surface area contributed by atoms with Crippen molar-refractivity contribution < 1.29 is 29.0 Å². The van der Waals surface area contributed by atoms with Crippen LogP contribution in [0.25, 0.3) is 10.2 Å². The molecule has 2 amide bonds. The molecule has 1 saturated heterocycles. The van der Waals surface area contributed by atoms with Gasteiger partial charge in [0.25, 0.3) is 11.8 Å². The molecule has 5 heterocycles. The Balaban J connectivity index is 1.37. The maximum Gasteiger partial charge on any atom is 0.352 e. The zero-order valence-electron chi connectivity index (χ0n) is 18.5.